The van der Waals surface area contributed by atoms with Gasteiger partial charge in [-0.25, -0.2) is 8.51 Å². The highest BCUT2D eigenvalue weighted by Gasteiger charge is 2.38. The van der Waals surface area contributed by atoms with Gasteiger partial charge in [-0.3, -0.25) is 0 Å². The van der Waals surface area contributed by atoms with E-state index >= 15 is 0 Å². The molecule has 0 aliphatic carbocycles. The fraction of sp³-hybridized carbons (Fsp3) is 0.357. The van der Waals surface area contributed by atoms with E-state index < -0.39 is 18.9 Å². The van der Waals surface area contributed by atoms with Crippen molar-refractivity contribution >= 4 is 34.8 Å². The molecular formula is C28H36NOPS. The smallest absolute Gasteiger partial charge is 0.100 e. The van der Waals surface area contributed by atoms with E-state index in [2.05, 4.69) is 110 Å². The van der Waals surface area contributed by atoms with Gasteiger partial charge in [0.15, 0.2) is 0 Å². The molecule has 0 saturated heterocycles. The maximum atomic E-state index is 13.5. The molecule has 0 aliphatic rings. The molecule has 0 radical (unpaired) electrons. The number of nitrogens with zero attached hydrogens (tertiary/aromatic N) is 1. The van der Waals surface area contributed by atoms with Gasteiger partial charge in [0.1, 0.15) is 11.0 Å². The number of hydrogen-bond donors (Lipinski definition) is 0. The van der Waals surface area contributed by atoms with E-state index in [1.54, 1.807) is 0 Å². The normalized spacial score (nSPS) is 14.5. The van der Waals surface area contributed by atoms with E-state index in [4.69, 9.17) is 0 Å². The Bertz CT molecular complexity index is 999. The number of hydrogen-bond acceptors (Lipinski definition) is 1. The van der Waals surface area contributed by atoms with Crippen molar-refractivity contribution in [3.63, 3.8) is 0 Å². The molecule has 2 atom stereocenters. The minimum absolute atomic E-state index is 0.0104. The van der Waals surface area contributed by atoms with E-state index in [0.717, 1.165) is 0 Å². The Kier molecular flexibility index (Phi) is 7.76. The van der Waals surface area contributed by atoms with Crippen molar-refractivity contribution in [1.29, 1.82) is 0 Å². The second-order valence-corrected chi connectivity index (χ2v) is 14.7. The van der Waals surface area contributed by atoms with Crippen molar-refractivity contribution in [2.75, 3.05) is 7.05 Å². The highest BCUT2D eigenvalue weighted by molar-refractivity contribution is 7.84. The van der Waals surface area contributed by atoms with Gasteiger partial charge in [0, 0.05) is 7.05 Å². The van der Waals surface area contributed by atoms with Gasteiger partial charge in [-0.1, -0.05) is 106 Å². The fourth-order valence-electron chi connectivity index (χ4n) is 4.24. The molecule has 0 spiro atoms. The van der Waals surface area contributed by atoms with Crippen molar-refractivity contribution in [3.8, 4) is 0 Å². The third kappa shape index (κ3) is 5.57. The summed E-state index contributed by atoms with van der Waals surface area (Å²) >= 11 is 0. The van der Waals surface area contributed by atoms with Crippen LogP contribution in [0.15, 0.2) is 84.9 Å². The van der Waals surface area contributed by atoms with E-state index in [1.165, 1.54) is 21.5 Å². The minimum atomic E-state index is -1.13. The third-order valence-electron chi connectivity index (χ3n) is 5.47. The van der Waals surface area contributed by atoms with Crippen LogP contribution < -0.4 is 15.9 Å². The molecule has 0 unspecified atom stereocenters. The molecule has 0 aliphatic heterocycles. The van der Waals surface area contributed by atoms with Crippen molar-refractivity contribution in [1.82, 2.24) is 4.31 Å². The van der Waals surface area contributed by atoms with Crippen LogP contribution in [0, 0.1) is 5.41 Å². The molecule has 0 amide bonds. The van der Waals surface area contributed by atoms with Crippen LogP contribution in [0.5, 0.6) is 0 Å². The largest absolute Gasteiger partial charge is 0.242 e. The summed E-state index contributed by atoms with van der Waals surface area (Å²) in [6.07, 6.45) is 0. The predicted octanol–water partition coefficient (Wildman–Crippen LogP) is 5.93. The Morgan fingerprint density at radius 3 is 1.59 bits per heavy atom. The lowest BCUT2D eigenvalue weighted by Crippen LogP contribution is -2.43. The summed E-state index contributed by atoms with van der Waals surface area (Å²) in [4.78, 5) is 0. The van der Waals surface area contributed by atoms with Gasteiger partial charge in [0.2, 0.25) is 0 Å². The molecule has 0 saturated carbocycles. The molecule has 0 bridgehead atoms. The Labute approximate surface area is 198 Å². The van der Waals surface area contributed by atoms with Crippen molar-refractivity contribution in [2.24, 2.45) is 5.41 Å². The maximum absolute atomic E-state index is 13.5. The summed E-state index contributed by atoms with van der Waals surface area (Å²) in [5.41, 5.74) is 1.17. The maximum Gasteiger partial charge on any atom is 0.100 e. The molecule has 0 N–H and O–H groups in total. The summed E-state index contributed by atoms with van der Waals surface area (Å²) in [5, 5.41) is 3.99. The van der Waals surface area contributed by atoms with Gasteiger partial charge in [-0.2, -0.15) is 0 Å². The van der Waals surface area contributed by atoms with E-state index in [9.17, 15) is 4.21 Å². The van der Waals surface area contributed by atoms with Crippen LogP contribution in [0.1, 0.15) is 53.1 Å². The lowest BCUT2D eigenvalue weighted by molar-refractivity contribution is 0.207. The zero-order valence-corrected chi connectivity index (χ0v) is 22.1. The summed E-state index contributed by atoms with van der Waals surface area (Å²) in [6.45, 7) is 12.9. The Balaban J connectivity index is 2.23. The van der Waals surface area contributed by atoms with Crippen molar-refractivity contribution in [2.45, 2.75) is 52.3 Å². The SMILES string of the molecule is CN([C@@H](c1ccccc1P(c1ccccc1)c1ccccc1)C(C)(C)C)[S@](=O)C(C)(C)C. The second kappa shape index (κ2) is 10.00. The van der Waals surface area contributed by atoms with E-state index in [0.29, 0.717) is 0 Å². The number of benzene rings is 3. The average Bonchev–Trinajstić information content (AvgIpc) is 2.74. The van der Waals surface area contributed by atoms with Crippen LogP contribution >= 0.6 is 7.92 Å². The Morgan fingerprint density at radius 1 is 0.719 bits per heavy atom. The molecule has 0 fully saturated rings. The molecule has 0 heterocycles. The van der Waals surface area contributed by atoms with Crippen molar-refractivity contribution in [3.05, 3.63) is 90.5 Å². The summed E-state index contributed by atoms with van der Waals surface area (Å²) < 4.78 is 15.3. The first kappa shape index (κ1) is 24.8. The van der Waals surface area contributed by atoms with E-state index in [-0.39, 0.29) is 16.2 Å². The molecular weight excluding hydrogens is 429 g/mol. The molecule has 3 aromatic rings. The lowest BCUT2D eigenvalue weighted by Gasteiger charge is -2.41. The Morgan fingerprint density at radius 2 is 1.16 bits per heavy atom. The minimum Gasteiger partial charge on any atom is -0.242 e. The Hall–Kier alpha value is -1.80. The zero-order chi connectivity index (χ0) is 23.5. The first-order valence-corrected chi connectivity index (χ1v) is 13.6. The monoisotopic (exact) mass is 465 g/mol. The molecule has 3 aromatic carbocycles. The topological polar surface area (TPSA) is 20.3 Å². The molecule has 0 aromatic heterocycles. The average molecular weight is 466 g/mol. The van der Waals surface area contributed by atoms with Gasteiger partial charge in [0.05, 0.1) is 10.8 Å². The van der Waals surface area contributed by atoms with Gasteiger partial charge >= 0.3 is 0 Å². The molecule has 170 valence electrons. The van der Waals surface area contributed by atoms with Gasteiger partial charge in [0.25, 0.3) is 0 Å². The molecule has 4 heteroatoms. The molecule has 3 rings (SSSR count). The van der Waals surface area contributed by atoms with Crippen LogP contribution in [0.2, 0.25) is 0 Å². The van der Waals surface area contributed by atoms with Crippen LogP contribution in [0.4, 0.5) is 0 Å². The summed E-state index contributed by atoms with van der Waals surface area (Å²) in [5.74, 6) is 0. The predicted molar refractivity (Wildman–Crippen MR) is 143 cm³/mol. The van der Waals surface area contributed by atoms with E-state index in [1.807, 2.05) is 27.8 Å². The first-order chi connectivity index (χ1) is 15.0. The van der Waals surface area contributed by atoms with Crippen LogP contribution in [-0.2, 0) is 11.0 Å². The number of rotatable bonds is 6. The summed E-state index contributed by atoms with van der Waals surface area (Å²) in [6, 6.07) is 30.4. The van der Waals surface area contributed by atoms with Crippen LogP contribution in [0.25, 0.3) is 0 Å². The first-order valence-electron chi connectivity index (χ1n) is 11.2. The second-order valence-electron chi connectivity index (χ2n) is 10.2. The van der Waals surface area contributed by atoms with Crippen LogP contribution in [-0.4, -0.2) is 20.3 Å². The van der Waals surface area contributed by atoms with Gasteiger partial charge in [-0.15, -0.1) is 0 Å². The quantitative estimate of drug-likeness (QED) is 0.414. The standard InChI is InChI=1S/C28H36NOPS/c1-27(2,3)26(29(7)32(30)28(4,5)6)24-20-14-15-21-25(24)31(22-16-10-8-11-17-22)23-18-12-9-13-19-23/h8-21,26H,1-7H3/t26-,32+/m0/s1. The summed E-state index contributed by atoms with van der Waals surface area (Å²) in [7, 11) is 0.142. The highest BCUT2D eigenvalue weighted by Crippen LogP contribution is 2.43. The zero-order valence-electron chi connectivity index (χ0n) is 20.4. The van der Waals surface area contributed by atoms with Crippen molar-refractivity contribution < 1.29 is 4.21 Å². The van der Waals surface area contributed by atoms with Gasteiger partial charge in [-0.05, 0) is 55.6 Å². The third-order valence-corrected chi connectivity index (χ3v) is 9.77. The fourth-order valence-corrected chi connectivity index (χ4v) is 8.21. The lowest BCUT2D eigenvalue weighted by atomic mass is 9.82. The highest BCUT2D eigenvalue weighted by atomic mass is 32.2. The molecule has 32 heavy (non-hydrogen) atoms. The van der Waals surface area contributed by atoms with Crippen LogP contribution in [0.3, 0.4) is 0 Å². The van der Waals surface area contributed by atoms with Gasteiger partial charge < -0.3 is 0 Å². The molecule has 2 nitrogen and oxygen atoms in total.